The van der Waals surface area contributed by atoms with Crippen molar-refractivity contribution in [3.63, 3.8) is 0 Å². The number of carbonyl (C=O) groups is 3. The average molecular weight is 452 g/mol. The molecule has 172 valence electrons. The van der Waals surface area contributed by atoms with E-state index >= 15 is 0 Å². The lowest BCUT2D eigenvalue weighted by atomic mass is 9.98. The van der Waals surface area contributed by atoms with Gasteiger partial charge in [-0.1, -0.05) is 30.3 Å². The van der Waals surface area contributed by atoms with Gasteiger partial charge in [-0.05, 0) is 44.0 Å². The van der Waals surface area contributed by atoms with E-state index in [9.17, 15) is 18.8 Å². The molecule has 33 heavy (non-hydrogen) atoms. The van der Waals surface area contributed by atoms with Crippen LogP contribution < -0.4 is 9.64 Å². The minimum atomic E-state index is -0.538. The summed E-state index contributed by atoms with van der Waals surface area (Å²) < 4.78 is 25.0. The summed E-state index contributed by atoms with van der Waals surface area (Å²) in [5.41, 5.74) is 0.667. The van der Waals surface area contributed by atoms with Crippen LogP contribution in [0.3, 0.4) is 0 Å². The Morgan fingerprint density at radius 1 is 1.18 bits per heavy atom. The van der Waals surface area contributed by atoms with Gasteiger partial charge in [-0.2, -0.15) is 0 Å². The molecule has 1 atom stereocenters. The van der Waals surface area contributed by atoms with Gasteiger partial charge in [0.15, 0.2) is 11.5 Å². The molecule has 0 aromatic heterocycles. The fraction of sp³-hybridized carbons (Fsp3) is 0.320. The number of benzene rings is 2. The summed E-state index contributed by atoms with van der Waals surface area (Å²) in [4.78, 5) is 41.4. The van der Waals surface area contributed by atoms with Crippen molar-refractivity contribution in [1.29, 1.82) is 0 Å². The zero-order valence-electron chi connectivity index (χ0n) is 18.3. The van der Waals surface area contributed by atoms with Gasteiger partial charge in [-0.15, -0.1) is 0 Å². The molecule has 0 spiro atoms. The number of amides is 2. The van der Waals surface area contributed by atoms with E-state index < -0.39 is 11.7 Å². The van der Waals surface area contributed by atoms with Crippen LogP contribution in [0, 0.1) is 11.7 Å². The number of nitrogens with zero attached hydrogens (tertiary/aromatic N) is 2. The summed E-state index contributed by atoms with van der Waals surface area (Å²) in [5.74, 6) is -1.65. The van der Waals surface area contributed by atoms with Gasteiger partial charge in [-0.25, -0.2) is 4.39 Å². The van der Waals surface area contributed by atoms with Gasteiger partial charge in [0.05, 0.1) is 18.2 Å². The molecule has 0 N–H and O–H groups in total. The number of piperidine rings is 1. The number of rotatable bonds is 5. The maximum Gasteiger partial charge on any atom is 0.310 e. The van der Waals surface area contributed by atoms with Gasteiger partial charge in [0.2, 0.25) is 5.91 Å². The summed E-state index contributed by atoms with van der Waals surface area (Å²) in [5, 5.41) is 0. The summed E-state index contributed by atoms with van der Waals surface area (Å²) in [6.07, 6.45) is 2.68. The molecule has 7 nitrogen and oxygen atoms in total. The van der Waals surface area contributed by atoms with E-state index in [2.05, 4.69) is 0 Å². The number of halogens is 1. The van der Waals surface area contributed by atoms with Gasteiger partial charge in [0, 0.05) is 18.7 Å². The largest absolute Gasteiger partial charge is 0.466 e. The Morgan fingerprint density at radius 2 is 1.94 bits per heavy atom. The number of ether oxygens (including phenoxy) is 2. The lowest BCUT2D eigenvalue weighted by Gasteiger charge is -2.35. The van der Waals surface area contributed by atoms with E-state index in [4.69, 9.17) is 9.47 Å². The molecular formula is C25H25FN2O5. The zero-order chi connectivity index (χ0) is 23.4. The smallest absolute Gasteiger partial charge is 0.310 e. The number of para-hydroxylation sites is 2. The molecule has 0 saturated carbocycles. The average Bonchev–Trinajstić information content (AvgIpc) is 2.83. The number of hydrogen-bond acceptors (Lipinski definition) is 5. The Kier molecular flexibility index (Phi) is 6.72. The monoisotopic (exact) mass is 452 g/mol. The number of carbonyl (C=O) groups excluding carboxylic acids is 3. The Morgan fingerprint density at radius 3 is 2.73 bits per heavy atom. The number of anilines is 1. The third kappa shape index (κ3) is 4.89. The first-order chi connectivity index (χ1) is 16.0. The second kappa shape index (κ2) is 9.85. The summed E-state index contributed by atoms with van der Waals surface area (Å²) in [6, 6.07) is 12.9. The van der Waals surface area contributed by atoms with Crippen molar-refractivity contribution in [1.82, 2.24) is 4.90 Å². The van der Waals surface area contributed by atoms with Crippen molar-refractivity contribution >= 4 is 29.5 Å². The molecule has 2 aliphatic heterocycles. The third-order valence-electron chi connectivity index (χ3n) is 5.71. The Balaban J connectivity index is 1.57. The molecule has 8 heteroatoms. The molecule has 2 aromatic carbocycles. The van der Waals surface area contributed by atoms with Crippen molar-refractivity contribution < 1.29 is 28.2 Å². The van der Waals surface area contributed by atoms with Crippen LogP contribution in [-0.2, 0) is 19.1 Å². The summed E-state index contributed by atoms with van der Waals surface area (Å²) in [7, 11) is 0. The highest BCUT2D eigenvalue weighted by molar-refractivity contribution is 6.12. The fourth-order valence-corrected chi connectivity index (χ4v) is 4.04. The quantitative estimate of drug-likeness (QED) is 0.514. The van der Waals surface area contributed by atoms with Crippen molar-refractivity contribution in [2.24, 2.45) is 5.92 Å². The Hall–Kier alpha value is -3.68. The van der Waals surface area contributed by atoms with E-state index in [1.165, 1.54) is 23.1 Å². The highest BCUT2D eigenvalue weighted by atomic mass is 19.1. The van der Waals surface area contributed by atoms with E-state index in [0.29, 0.717) is 37.4 Å². The Bertz CT molecular complexity index is 1100. The molecule has 0 unspecified atom stereocenters. The number of fused-ring (bicyclic) bond motifs is 1. The molecule has 1 saturated heterocycles. The van der Waals surface area contributed by atoms with Crippen molar-refractivity contribution in [2.75, 3.05) is 31.1 Å². The number of likely N-dealkylation sites (tertiary alicyclic amines) is 1. The second-order valence-electron chi connectivity index (χ2n) is 7.92. The maximum absolute atomic E-state index is 14.2. The standard InChI is InChI=1S/C25H25FN2O5/c1-2-32-25(31)18-9-7-13-27(15-18)23(29)16-28-20-11-5-6-12-21(20)33-22(24(28)30)14-17-8-3-4-10-19(17)26/h3-6,8,10-12,14,18H,2,7,9,13,15-16H2,1H3/b22-14-/t18-/m1/s1. The second-order valence-corrected chi connectivity index (χ2v) is 7.92. The zero-order valence-corrected chi connectivity index (χ0v) is 18.3. The van der Waals surface area contributed by atoms with Crippen molar-refractivity contribution in [3.8, 4) is 5.75 Å². The van der Waals surface area contributed by atoms with Gasteiger partial charge < -0.3 is 14.4 Å². The van der Waals surface area contributed by atoms with Gasteiger partial charge in [0.1, 0.15) is 12.4 Å². The van der Waals surface area contributed by atoms with Crippen LogP contribution in [0.5, 0.6) is 5.75 Å². The Labute approximate surface area is 191 Å². The molecule has 2 aliphatic rings. The minimum Gasteiger partial charge on any atom is -0.466 e. The maximum atomic E-state index is 14.2. The molecule has 0 radical (unpaired) electrons. The SMILES string of the molecule is CCOC(=O)[C@@H]1CCCN(C(=O)CN2C(=O)/C(=C/c3ccccc3F)Oc3ccccc32)C1. The lowest BCUT2D eigenvalue weighted by molar-refractivity contribution is -0.151. The molecule has 2 amide bonds. The first kappa shape index (κ1) is 22.5. The van der Waals surface area contributed by atoms with Crippen LogP contribution >= 0.6 is 0 Å². The lowest BCUT2D eigenvalue weighted by Crippen LogP contribution is -2.49. The molecule has 0 bridgehead atoms. The molecule has 4 rings (SSSR count). The van der Waals surface area contributed by atoms with Crippen LogP contribution in [0.2, 0.25) is 0 Å². The van der Waals surface area contributed by atoms with E-state index in [1.54, 1.807) is 48.2 Å². The number of esters is 1. The van der Waals surface area contributed by atoms with Crippen LogP contribution in [0.1, 0.15) is 25.3 Å². The van der Waals surface area contributed by atoms with Crippen LogP contribution in [-0.4, -0.2) is 48.9 Å². The molecule has 0 aliphatic carbocycles. The predicted molar refractivity (Wildman–Crippen MR) is 120 cm³/mol. The molecular weight excluding hydrogens is 427 g/mol. The summed E-state index contributed by atoms with van der Waals surface area (Å²) >= 11 is 0. The van der Waals surface area contributed by atoms with Gasteiger partial charge in [-0.3, -0.25) is 19.3 Å². The third-order valence-corrected chi connectivity index (χ3v) is 5.71. The van der Waals surface area contributed by atoms with Crippen LogP contribution in [0.15, 0.2) is 54.3 Å². The summed E-state index contributed by atoms with van der Waals surface area (Å²) in [6.45, 7) is 2.59. The highest BCUT2D eigenvalue weighted by Gasteiger charge is 2.35. The molecule has 2 heterocycles. The van der Waals surface area contributed by atoms with E-state index in [1.807, 2.05) is 0 Å². The normalized spacial score (nSPS) is 19.2. The van der Waals surface area contributed by atoms with Crippen molar-refractivity contribution in [3.05, 3.63) is 65.7 Å². The highest BCUT2D eigenvalue weighted by Crippen LogP contribution is 2.35. The first-order valence-electron chi connectivity index (χ1n) is 11.0. The number of hydrogen-bond donors (Lipinski definition) is 0. The molecule has 2 aromatic rings. The van der Waals surface area contributed by atoms with Gasteiger partial charge >= 0.3 is 5.97 Å². The minimum absolute atomic E-state index is 0.0744. The molecule has 1 fully saturated rings. The van der Waals surface area contributed by atoms with Crippen molar-refractivity contribution in [2.45, 2.75) is 19.8 Å². The van der Waals surface area contributed by atoms with Crippen LogP contribution in [0.25, 0.3) is 6.08 Å². The first-order valence-corrected chi connectivity index (χ1v) is 11.0. The van der Waals surface area contributed by atoms with Crippen LogP contribution in [0.4, 0.5) is 10.1 Å². The fourth-order valence-electron chi connectivity index (χ4n) is 4.04. The van der Waals surface area contributed by atoms with E-state index in [0.717, 1.165) is 0 Å². The topological polar surface area (TPSA) is 76.2 Å². The van der Waals surface area contributed by atoms with E-state index in [-0.39, 0.29) is 42.2 Å². The predicted octanol–water partition coefficient (Wildman–Crippen LogP) is 3.39. The van der Waals surface area contributed by atoms with Gasteiger partial charge in [0.25, 0.3) is 5.91 Å².